The number of hydrogen-bond donors (Lipinski definition) is 0. The molecule has 0 saturated heterocycles. The van der Waals surface area contributed by atoms with E-state index in [1.807, 2.05) is 24.3 Å². The van der Waals surface area contributed by atoms with Gasteiger partial charge in [0.1, 0.15) is 5.82 Å². The van der Waals surface area contributed by atoms with E-state index in [2.05, 4.69) is 130 Å². The highest BCUT2D eigenvalue weighted by atomic mass is 15.1. The zero-order valence-electron chi connectivity index (χ0n) is 21.6. The molecule has 0 atom stereocenters. The molecule has 0 N–H and O–H groups in total. The van der Waals surface area contributed by atoms with Crippen molar-refractivity contribution in [3.05, 3.63) is 146 Å². The van der Waals surface area contributed by atoms with Crippen molar-refractivity contribution in [2.24, 2.45) is 0 Å². The Morgan fingerprint density at radius 3 is 1.57 bits per heavy atom. The Bertz CT molecular complexity index is 2080. The van der Waals surface area contributed by atoms with Crippen molar-refractivity contribution in [2.75, 3.05) is 0 Å². The summed E-state index contributed by atoms with van der Waals surface area (Å²) in [4.78, 5) is 10.2. The molecule has 8 rings (SSSR count). The van der Waals surface area contributed by atoms with Crippen molar-refractivity contribution in [3.63, 3.8) is 0 Å². The van der Waals surface area contributed by atoms with Gasteiger partial charge in [-0.2, -0.15) is 0 Å². The molecule has 0 unspecified atom stereocenters. The van der Waals surface area contributed by atoms with Crippen LogP contribution in [-0.4, -0.2) is 19.1 Å². The average molecular weight is 513 g/mol. The molecule has 0 bridgehead atoms. The fourth-order valence-electron chi connectivity index (χ4n) is 5.79. The molecule has 0 aliphatic carbocycles. The normalized spacial score (nSPS) is 11.5. The van der Waals surface area contributed by atoms with E-state index in [1.165, 1.54) is 21.8 Å². The lowest BCUT2D eigenvalue weighted by Gasteiger charge is -2.12. The molecule has 4 nitrogen and oxygen atoms in total. The molecule has 0 spiro atoms. The molecule has 3 heterocycles. The maximum atomic E-state index is 5.20. The van der Waals surface area contributed by atoms with Crippen LogP contribution >= 0.6 is 0 Å². The van der Waals surface area contributed by atoms with Crippen LogP contribution in [0.2, 0.25) is 0 Å². The number of hydrogen-bond acceptors (Lipinski definition) is 2. The lowest BCUT2D eigenvalue weighted by Crippen LogP contribution is -2.02. The number of benzene rings is 5. The van der Waals surface area contributed by atoms with Crippen molar-refractivity contribution in [1.29, 1.82) is 0 Å². The quantitative estimate of drug-likeness (QED) is 0.236. The second kappa shape index (κ2) is 9.07. The third-order valence-electron chi connectivity index (χ3n) is 7.53. The lowest BCUT2D eigenvalue weighted by atomic mass is 10.1. The fourth-order valence-corrected chi connectivity index (χ4v) is 5.79. The van der Waals surface area contributed by atoms with Gasteiger partial charge >= 0.3 is 0 Å². The Kier molecular flexibility index (Phi) is 5.10. The van der Waals surface area contributed by atoms with E-state index in [-0.39, 0.29) is 0 Å². The molecule has 3 aromatic heterocycles. The molecule has 40 heavy (non-hydrogen) atoms. The molecule has 0 radical (unpaired) electrons. The van der Waals surface area contributed by atoms with Crippen LogP contribution in [0.5, 0.6) is 0 Å². The molecule has 0 amide bonds. The van der Waals surface area contributed by atoms with E-state index in [0.717, 1.165) is 39.4 Å². The van der Waals surface area contributed by atoms with Crippen molar-refractivity contribution >= 4 is 32.8 Å². The third kappa shape index (κ3) is 3.47. The first-order valence-electron chi connectivity index (χ1n) is 13.5. The first-order valence-corrected chi connectivity index (χ1v) is 13.5. The minimum absolute atomic E-state index is 0.703. The van der Waals surface area contributed by atoms with Gasteiger partial charge in [0.25, 0.3) is 0 Å². The van der Waals surface area contributed by atoms with Gasteiger partial charge in [-0.3, -0.25) is 4.57 Å². The van der Waals surface area contributed by atoms with Crippen LogP contribution in [0.3, 0.4) is 0 Å². The summed E-state index contributed by atoms with van der Waals surface area (Å²) in [5, 5.41) is 2.36. The topological polar surface area (TPSA) is 35.6 Å². The van der Waals surface area contributed by atoms with Crippen LogP contribution in [-0.2, 0) is 0 Å². The van der Waals surface area contributed by atoms with Crippen molar-refractivity contribution < 1.29 is 0 Å². The molecule has 188 valence electrons. The minimum Gasteiger partial charge on any atom is -0.307 e. The maximum Gasteiger partial charge on any atom is 0.162 e. The summed E-state index contributed by atoms with van der Waals surface area (Å²) in [6.07, 6.45) is 0. The number of para-hydroxylation sites is 3. The summed E-state index contributed by atoms with van der Waals surface area (Å²) in [6, 6.07) is 50.5. The van der Waals surface area contributed by atoms with E-state index in [1.54, 1.807) is 0 Å². The first kappa shape index (κ1) is 22.5. The fraction of sp³-hybridized carbons (Fsp3) is 0. The largest absolute Gasteiger partial charge is 0.307 e. The summed E-state index contributed by atoms with van der Waals surface area (Å²) in [6.45, 7) is 0. The summed E-state index contributed by atoms with van der Waals surface area (Å²) in [5.41, 5.74) is 8.65. The van der Waals surface area contributed by atoms with Crippen molar-refractivity contribution in [2.45, 2.75) is 0 Å². The van der Waals surface area contributed by atoms with Gasteiger partial charge in [0, 0.05) is 33.7 Å². The Balaban J connectivity index is 1.53. The Morgan fingerprint density at radius 2 is 0.925 bits per heavy atom. The van der Waals surface area contributed by atoms with Gasteiger partial charge in [0.05, 0.1) is 27.8 Å². The summed E-state index contributed by atoms with van der Waals surface area (Å²) < 4.78 is 4.69. The first-order chi connectivity index (χ1) is 19.9. The zero-order chi connectivity index (χ0) is 26.5. The van der Waals surface area contributed by atoms with Crippen LogP contribution in [0.1, 0.15) is 0 Å². The van der Waals surface area contributed by atoms with Gasteiger partial charge in [-0.25, -0.2) is 9.97 Å². The van der Waals surface area contributed by atoms with E-state index < -0.39 is 0 Å². The molecular weight excluding hydrogens is 488 g/mol. The standard InChI is InChI=1S/C36H24N4/c1-4-14-25(15-5-1)30-24-33(38-36(37-30)26-16-6-2-7-17-26)40-32-23-13-11-21-29(32)34-35(40)28-20-10-12-22-31(28)39(34)27-18-8-3-9-19-27/h1-24H. The van der Waals surface area contributed by atoms with Gasteiger partial charge < -0.3 is 4.57 Å². The Morgan fingerprint density at radius 1 is 0.425 bits per heavy atom. The second-order valence-electron chi connectivity index (χ2n) is 9.90. The van der Waals surface area contributed by atoms with Crippen LogP contribution in [0.4, 0.5) is 0 Å². The molecular formula is C36H24N4. The number of aromatic nitrogens is 4. The van der Waals surface area contributed by atoms with Gasteiger partial charge in [-0.05, 0) is 24.3 Å². The predicted molar refractivity (Wildman–Crippen MR) is 164 cm³/mol. The highest BCUT2D eigenvalue weighted by Gasteiger charge is 2.23. The molecule has 5 aromatic carbocycles. The maximum absolute atomic E-state index is 5.20. The van der Waals surface area contributed by atoms with Crippen molar-refractivity contribution in [1.82, 2.24) is 19.1 Å². The monoisotopic (exact) mass is 512 g/mol. The molecule has 4 heteroatoms. The molecule has 0 saturated carbocycles. The molecule has 8 aromatic rings. The smallest absolute Gasteiger partial charge is 0.162 e. The molecule has 0 aliphatic heterocycles. The van der Waals surface area contributed by atoms with Gasteiger partial charge in [0.15, 0.2) is 5.82 Å². The van der Waals surface area contributed by atoms with E-state index in [0.29, 0.717) is 5.82 Å². The van der Waals surface area contributed by atoms with Crippen LogP contribution < -0.4 is 0 Å². The number of rotatable bonds is 4. The van der Waals surface area contributed by atoms with Gasteiger partial charge in [-0.1, -0.05) is 115 Å². The highest BCUT2D eigenvalue weighted by molar-refractivity contribution is 6.19. The molecule has 0 aliphatic rings. The molecule has 0 fully saturated rings. The Hall–Kier alpha value is -5.48. The van der Waals surface area contributed by atoms with E-state index in [4.69, 9.17) is 9.97 Å². The van der Waals surface area contributed by atoms with Crippen LogP contribution in [0, 0.1) is 0 Å². The minimum atomic E-state index is 0.703. The predicted octanol–water partition coefficient (Wildman–Crippen LogP) is 8.85. The van der Waals surface area contributed by atoms with Gasteiger partial charge in [-0.15, -0.1) is 0 Å². The zero-order valence-corrected chi connectivity index (χ0v) is 21.6. The SMILES string of the molecule is c1ccc(-c2cc(-n3c4ccccc4c4c3c3ccccc3n4-c3ccccc3)nc(-c3ccccc3)n2)cc1. The summed E-state index contributed by atoms with van der Waals surface area (Å²) >= 11 is 0. The van der Waals surface area contributed by atoms with Crippen LogP contribution in [0.15, 0.2) is 146 Å². The lowest BCUT2D eigenvalue weighted by molar-refractivity contribution is 1.05. The average Bonchev–Trinajstić information content (AvgIpc) is 3.55. The second-order valence-corrected chi connectivity index (χ2v) is 9.90. The van der Waals surface area contributed by atoms with Crippen LogP contribution in [0.25, 0.3) is 67.0 Å². The summed E-state index contributed by atoms with van der Waals surface area (Å²) in [5.74, 6) is 1.55. The van der Waals surface area contributed by atoms with E-state index in [9.17, 15) is 0 Å². The third-order valence-corrected chi connectivity index (χ3v) is 7.53. The highest BCUT2D eigenvalue weighted by Crippen LogP contribution is 2.40. The van der Waals surface area contributed by atoms with Crippen molar-refractivity contribution in [3.8, 4) is 34.2 Å². The summed E-state index contributed by atoms with van der Waals surface area (Å²) in [7, 11) is 0. The number of fused-ring (bicyclic) bond motifs is 5. The Labute approximate surface area is 231 Å². The van der Waals surface area contributed by atoms with Gasteiger partial charge in [0.2, 0.25) is 0 Å². The number of nitrogens with zero attached hydrogens (tertiary/aromatic N) is 4. The van der Waals surface area contributed by atoms with E-state index >= 15 is 0 Å².